The monoisotopic (exact) mass is 500 g/mol. The molecule has 2 aromatic rings. The maximum Gasteiger partial charge on any atom is 0.573 e. The number of alkyl halides is 6. The van der Waals surface area contributed by atoms with Crippen LogP contribution in [0.5, 0.6) is 11.5 Å². The Balaban J connectivity index is 0.000000342. The number of rotatable bonds is 5. The van der Waals surface area contributed by atoms with E-state index in [1.54, 1.807) is 0 Å². The Morgan fingerprint density at radius 3 is 1.62 bits per heavy atom. The van der Waals surface area contributed by atoms with Crippen molar-refractivity contribution in [3.63, 3.8) is 0 Å². The summed E-state index contributed by atoms with van der Waals surface area (Å²) in [5, 5.41) is 10.5. The zero-order valence-corrected chi connectivity index (χ0v) is 17.0. The Hall–Kier alpha value is -4.24. The predicted molar refractivity (Wildman–Crippen MR) is 100.0 cm³/mol. The molecule has 0 radical (unpaired) electrons. The fourth-order valence-electron chi connectivity index (χ4n) is 2.15. The normalized spacial score (nSPS) is 10.9. The van der Waals surface area contributed by atoms with Crippen molar-refractivity contribution >= 4 is 23.3 Å². The highest BCUT2D eigenvalue weighted by Gasteiger charge is 2.34. The van der Waals surface area contributed by atoms with Gasteiger partial charge in [-0.2, -0.15) is 0 Å². The number of esters is 2. The molecule has 0 aliphatic carbocycles. The molecule has 0 fully saturated rings. The molecule has 0 spiro atoms. The van der Waals surface area contributed by atoms with Crippen molar-refractivity contribution < 1.29 is 59.8 Å². The van der Waals surface area contributed by atoms with Gasteiger partial charge in [-0.25, -0.2) is 9.59 Å². The molecule has 186 valence electrons. The summed E-state index contributed by atoms with van der Waals surface area (Å²) in [6.07, 6.45) is -9.89. The fourth-order valence-corrected chi connectivity index (χ4v) is 2.15. The molecule has 0 atom stereocenters. The number of hydrogen-bond acceptors (Lipinski definition) is 9. The Labute approximate surface area is 185 Å². The number of nitrogen functional groups attached to an aromatic ring is 1. The number of carbonyl (C=O) groups excluding carboxylic acids is 2. The standard InChI is InChI=1S/C9H6F3NO5.C9H8F3NO3/c1-17-8(14)6-4-5(13(15)16)2-3-7(6)18-9(10,11)12;1-15-8(14)6-4-5(13)2-3-7(6)16-9(10,11)12/h2-4H,1H3;2-4H,13H2,1H3. The minimum Gasteiger partial charge on any atom is -0.465 e. The van der Waals surface area contributed by atoms with Crippen LogP contribution in [0.4, 0.5) is 37.7 Å². The number of ether oxygens (including phenoxy) is 4. The van der Waals surface area contributed by atoms with Gasteiger partial charge in [0, 0.05) is 17.8 Å². The molecule has 0 aliphatic rings. The summed E-state index contributed by atoms with van der Waals surface area (Å²) in [6.45, 7) is 0. The van der Waals surface area contributed by atoms with Gasteiger partial charge in [-0.15, -0.1) is 26.3 Å². The molecule has 2 aromatic carbocycles. The van der Waals surface area contributed by atoms with Crippen molar-refractivity contribution in [1.82, 2.24) is 0 Å². The number of nitrogens with zero attached hydrogens (tertiary/aromatic N) is 1. The van der Waals surface area contributed by atoms with Crippen molar-refractivity contribution in [2.75, 3.05) is 20.0 Å². The van der Waals surface area contributed by atoms with Crippen LogP contribution in [0, 0.1) is 10.1 Å². The number of methoxy groups -OCH3 is 2. The van der Waals surface area contributed by atoms with Gasteiger partial charge in [0.25, 0.3) is 5.69 Å². The predicted octanol–water partition coefficient (Wildman–Crippen LogP) is 4.23. The van der Waals surface area contributed by atoms with E-state index in [9.17, 15) is 46.0 Å². The van der Waals surface area contributed by atoms with Crippen LogP contribution in [-0.2, 0) is 9.47 Å². The number of hydrogen-bond donors (Lipinski definition) is 1. The molecule has 10 nitrogen and oxygen atoms in total. The molecule has 0 heterocycles. The van der Waals surface area contributed by atoms with E-state index in [1.807, 2.05) is 0 Å². The molecule has 2 N–H and O–H groups in total. The third-order valence-corrected chi connectivity index (χ3v) is 3.44. The first-order valence-electron chi connectivity index (χ1n) is 8.44. The summed E-state index contributed by atoms with van der Waals surface area (Å²) in [5.41, 5.74) is 3.87. The van der Waals surface area contributed by atoms with E-state index in [0.717, 1.165) is 32.4 Å². The van der Waals surface area contributed by atoms with Crippen LogP contribution in [0.1, 0.15) is 20.7 Å². The van der Waals surface area contributed by atoms with Gasteiger partial charge < -0.3 is 24.7 Å². The number of benzene rings is 2. The number of non-ortho nitro benzene ring substituents is 1. The average Bonchev–Trinajstić information content (AvgIpc) is 2.72. The summed E-state index contributed by atoms with van der Waals surface area (Å²) in [6, 6.07) is 5.30. The first-order valence-corrected chi connectivity index (χ1v) is 8.44. The van der Waals surface area contributed by atoms with Crippen molar-refractivity contribution in [3.8, 4) is 11.5 Å². The number of anilines is 1. The second-order valence-corrected chi connectivity index (χ2v) is 5.77. The van der Waals surface area contributed by atoms with Gasteiger partial charge in [0.15, 0.2) is 0 Å². The molecule has 0 bridgehead atoms. The topological polar surface area (TPSA) is 140 Å². The minimum atomic E-state index is -5.01. The second-order valence-electron chi connectivity index (χ2n) is 5.77. The SMILES string of the molecule is COC(=O)c1cc(N)ccc1OC(F)(F)F.COC(=O)c1cc([N+](=O)[O-])ccc1OC(F)(F)F. The van der Waals surface area contributed by atoms with Gasteiger partial charge in [-0.1, -0.05) is 0 Å². The van der Waals surface area contributed by atoms with Gasteiger partial charge in [0.05, 0.1) is 19.1 Å². The Morgan fingerprint density at radius 1 is 0.824 bits per heavy atom. The average molecular weight is 500 g/mol. The maximum atomic E-state index is 12.0. The lowest BCUT2D eigenvalue weighted by molar-refractivity contribution is -0.385. The van der Waals surface area contributed by atoms with Gasteiger partial charge >= 0.3 is 24.7 Å². The number of carbonyl (C=O) groups is 2. The minimum absolute atomic E-state index is 0.134. The van der Waals surface area contributed by atoms with Crippen LogP contribution in [0.2, 0.25) is 0 Å². The molecule has 34 heavy (non-hydrogen) atoms. The Morgan fingerprint density at radius 2 is 1.24 bits per heavy atom. The fraction of sp³-hybridized carbons (Fsp3) is 0.222. The number of nitro benzene ring substituents is 1. The summed E-state index contributed by atoms with van der Waals surface area (Å²) in [7, 11) is 1.97. The van der Waals surface area contributed by atoms with Gasteiger partial charge in [0.1, 0.15) is 22.6 Å². The van der Waals surface area contributed by atoms with E-state index < -0.39 is 52.3 Å². The Kier molecular flexibility index (Phi) is 9.04. The van der Waals surface area contributed by atoms with Crippen LogP contribution in [-0.4, -0.2) is 43.8 Å². The van der Waals surface area contributed by atoms with Crippen molar-refractivity contribution in [1.29, 1.82) is 0 Å². The number of halogens is 6. The maximum absolute atomic E-state index is 12.0. The van der Waals surface area contributed by atoms with E-state index >= 15 is 0 Å². The van der Waals surface area contributed by atoms with E-state index in [1.165, 1.54) is 6.07 Å². The molecule has 16 heteroatoms. The molecule has 0 unspecified atom stereocenters. The molecule has 0 aromatic heterocycles. The first-order chi connectivity index (χ1) is 15.6. The van der Waals surface area contributed by atoms with Crippen LogP contribution < -0.4 is 15.2 Å². The van der Waals surface area contributed by atoms with Gasteiger partial charge in [0.2, 0.25) is 0 Å². The van der Waals surface area contributed by atoms with Crippen molar-refractivity contribution in [3.05, 3.63) is 57.6 Å². The summed E-state index contributed by atoms with van der Waals surface area (Å²) < 4.78 is 87.8. The van der Waals surface area contributed by atoms with Crippen LogP contribution >= 0.6 is 0 Å². The quantitative estimate of drug-likeness (QED) is 0.210. The summed E-state index contributed by atoms with van der Waals surface area (Å²) in [5.74, 6) is -3.63. The van der Waals surface area contributed by atoms with Gasteiger partial charge in [-0.05, 0) is 24.3 Å². The number of nitro groups is 1. The third-order valence-electron chi connectivity index (χ3n) is 3.44. The molecule has 0 aliphatic heterocycles. The highest BCUT2D eigenvalue weighted by molar-refractivity contribution is 5.94. The first kappa shape index (κ1) is 27.8. The number of nitrogens with two attached hydrogens (primary N) is 1. The highest BCUT2D eigenvalue weighted by atomic mass is 19.4. The smallest absolute Gasteiger partial charge is 0.465 e. The lowest BCUT2D eigenvalue weighted by Gasteiger charge is -2.12. The van der Waals surface area contributed by atoms with E-state index in [-0.39, 0.29) is 11.3 Å². The zero-order valence-electron chi connectivity index (χ0n) is 17.0. The molecule has 0 amide bonds. The third kappa shape index (κ3) is 8.71. The van der Waals surface area contributed by atoms with Gasteiger partial charge in [-0.3, -0.25) is 10.1 Å². The largest absolute Gasteiger partial charge is 0.573 e. The van der Waals surface area contributed by atoms with Crippen molar-refractivity contribution in [2.45, 2.75) is 12.7 Å². The van der Waals surface area contributed by atoms with Crippen LogP contribution in [0.15, 0.2) is 36.4 Å². The molecule has 0 saturated carbocycles. The van der Waals surface area contributed by atoms with Crippen LogP contribution in [0.25, 0.3) is 0 Å². The van der Waals surface area contributed by atoms with Crippen molar-refractivity contribution in [2.24, 2.45) is 0 Å². The lowest BCUT2D eigenvalue weighted by atomic mass is 10.2. The molecular formula is C18H14F6N2O8. The molecule has 2 rings (SSSR count). The van der Waals surface area contributed by atoms with Crippen LogP contribution in [0.3, 0.4) is 0 Å². The Bertz CT molecular complexity index is 1060. The van der Waals surface area contributed by atoms with E-state index in [4.69, 9.17) is 5.73 Å². The van der Waals surface area contributed by atoms with E-state index in [2.05, 4.69) is 18.9 Å². The molecule has 0 saturated heterocycles. The summed E-state index contributed by atoms with van der Waals surface area (Å²) >= 11 is 0. The highest BCUT2D eigenvalue weighted by Crippen LogP contribution is 2.30. The zero-order chi connectivity index (χ0) is 26.3. The second kappa shape index (κ2) is 11.1. The molecular weight excluding hydrogens is 486 g/mol. The van der Waals surface area contributed by atoms with E-state index in [0.29, 0.717) is 12.1 Å². The lowest BCUT2D eigenvalue weighted by Crippen LogP contribution is -2.19. The summed E-state index contributed by atoms with van der Waals surface area (Å²) in [4.78, 5) is 31.9.